The predicted octanol–water partition coefficient (Wildman–Crippen LogP) is 2.22. The van der Waals surface area contributed by atoms with Gasteiger partial charge in [-0.25, -0.2) is 0 Å². The van der Waals surface area contributed by atoms with Gasteiger partial charge in [0.2, 0.25) is 0 Å². The summed E-state index contributed by atoms with van der Waals surface area (Å²) in [7, 11) is 0. The van der Waals surface area contributed by atoms with Crippen molar-refractivity contribution in [1.82, 2.24) is 9.80 Å². The number of piperazine rings is 1. The molecule has 0 unspecified atom stereocenters. The van der Waals surface area contributed by atoms with Crippen molar-refractivity contribution in [2.75, 3.05) is 39.4 Å². The van der Waals surface area contributed by atoms with Crippen molar-refractivity contribution < 1.29 is 14.3 Å². The lowest BCUT2D eigenvalue weighted by molar-refractivity contribution is 0.0628. The van der Waals surface area contributed by atoms with Gasteiger partial charge in [0.25, 0.3) is 5.91 Å². The molecule has 0 aromatic heterocycles. The molecule has 4 rings (SSSR count). The first-order valence-electron chi connectivity index (χ1n) is 8.66. The molecule has 0 bridgehead atoms. The van der Waals surface area contributed by atoms with Gasteiger partial charge in [0.15, 0.2) is 11.5 Å². The van der Waals surface area contributed by atoms with E-state index in [9.17, 15) is 4.79 Å². The molecule has 1 amide bonds. The predicted molar refractivity (Wildman–Crippen MR) is 93.9 cm³/mol. The van der Waals surface area contributed by atoms with E-state index < -0.39 is 0 Å². The second kappa shape index (κ2) is 7.15. The highest BCUT2D eigenvalue weighted by Crippen LogP contribution is 2.31. The van der Waals surface area contributed by atoms with Crippen LogP contribution in [-0.4, -0.2) is 55.1 Å². The van der Waals surface area contributed by atoms with Crippen molar-refractivity contribution in [3.05, 3.63) is 59.7 Å². The number of fused-ring (bicyclic) bond motifs is 1. The zero-order chi connectivity index (χ0) is 17.1. The van der Waals surface area contributed by atoms with Crippen LogP contribution < -0.4 is 9.47 Å². The lowest BCUT2D eigenvalue weighted by atomic mass is 10.1. The molecule has 129 valence electrons. The molecule has 2 aromatic carbocycles. The summed E-state index contributed by atoms with van der Waals surface area (Å²) in [4.78, 5) is 16.7. The number of nitrogens with zero attached hydrogens (tertiary/aromatic N) is 2. The summed E-state index contributed by atoms with van der Waals surface area (Å²) in [5, 5.41) is 0. The first-order valence-corrected chi connectivity index (χ1v) is 8.66. The van der Waals surface area contributed by atoms with Crippen LogP contribution in [0.1, 0.15) is 15.9 Å². The number of hydrogen-bond donors (Lipinski definition) is 0. The molecule has 2 aromatic rings. The summed E-state index contributed by atoms with van der Waals surface area (Å²) in [5.74, 6) is 1.72. The summed E-state index contributed by atoms with van der Waals surface area (Å²) in [6.07, 6.45) is 0. The zero-order valence-electron chi connectivity index (χ0n) is 14.1. The minimum atomic E-state index is 0.0691. The summed E-state index contributed by atoms with van der Waals surface area (Å²) >= 11 is 0. The number of rotatable bonds is 3. The van der Waals surface area contributed by atoms with Crippen LogP contribution in [0.5, 0.6) is 11.5 Å². The Morgan fingerprint density at radius 2 is 1.80 bits per heavy atom. The summed E-state index contributed by atoms with van der Waals surface area (Å²) in [6, 6.07) is 16.5. The fourth-order valence-electron chi connectivity index (χ4n) is 3.25. The monoisotopic (exact) mass is 337 g/mol. The molecule has 0 N–H and O–H groups in total. The first-order chi connectivity index (χ1) is 12.3. The van der Waals surface area contributed by atoms with Crippen LogP contribution in [0.15, 0.2) is 42.5 Å². The summed E-state index contributed by atoms with van der Waals surface area (Å²) in [5.41, 5.74) is 1.85. The maximum absolute atomic E-state index is 12.5. The van der Waals surface area contributed by atoms with Crippen LogP contribution in [-0.2, 0) is 6.54 Å². The second-order valence-corrected chi connectivity index (χ2v) is 6.32. The van der Waals surface area contributed by atoms with Gasteiger partial charge in [-0.1, -0.05) is 24.3 Å². The van der Waals surface area contributed by atoms with E-state index in [1.54, 1.807) is 6.07 Å². The van der Waals surface area contributed by atoms with Crippen LogP contribution in [0.4, 0.5) is 0 Å². The van der Waals surface area contributed by atoms with Crippen molar-refractivity contribution in [2.24, 2.45) is 0 Å². The molecule has 1 radical (unpaired) electrons. The Bertz CT molecular complexity index is 740. The molecule has 25 heavy (non-hydrogen) atoms. The molecular weight excluding hydrogens is 316 g/mol. The van der Waals surface area contributed by atoms with Gasteiger partial charge in [-0.2, -0.15) is 0 Å². The Balaban J connectivity index is 1.34. The van der Waals surface area contributed by atoms with E-state index in [-0.39, 0.29) is 5.91 Å². The Morgan fingerprint density at radius 3 is 2.56 bits per heavy atom. The van der Waals surface area contributed by atoms with Gasteiger partial charge in [-0.15, -0.1) is 0 Å². The summed E-state index contributed by atoms with van der Waals surface area (Å²) in [6.45, 7) is 5.29. The fourth-order valence-corrected chi connectivity index (χ4v) is 3.25. The van der Waals surface area contributed by atoms with Crippen LogP contribution in [0.25, 0.3) is 0 Å². The van der Waals surface area contributed by atoms with E-state index >= 15 is 0 Å². The summed E-state index contributed by atoms with van der Waals surface area (Å²) < 4.78 is 11.2. The third-order valence-corrected chi connectivity index (χ3v) is 4.61. The van der Waals surface area contributed by atoms with Crippen molar-refractivity contribution in [2.45, 2.75) is 6.54 Å². The largest absolute Gasteiger partial charge is 0.486 e. The minimum Gasteiger partial charge on any atom is -0.486 e. The molecule has 1 fully saturated rings. The fraction of sp³-hybridized carbons (Fsp3) is 0.350. The average molecular weight is 337 g/mol. The molecule has 5 nitrogen and oxygen atoms in total. The Hall–Kier alpha value is -2.53. The molecule has 0 atom stereocenters. The van der Waals surface area contributed by atoms with E-state index in [1.807, 2.05) is 29.2 Å². The number of ether oxygens (including phenoxy) is 2. The van der Waals surface area contributed by atoms with Crippen molar-refractivity contribution in [1.29, 1.82) is 0 Å². The smallest absolute Gasteiger partial charge is 0.254 e. The van der Waals surface area contributed by atoms with Crippen molar-refractivity contribution in [3.63, 3.8) is 0 Å². The first kappa shape index (κ1) is 16.0. The highest BCUT2D eigenvalue weighted by molar-refractivity contribution is 5.94. The van der Waals surface area contributed by atoms with Gasteiger partial charge < -0.3 is 14.4 Å². The van der Waals surface area contributed by atoms with Crippen molar-refractivity contribution in [3.8, 4) is 11.5 Å². The topological polar surface area (TPSA) is 42.0 Å². The van der Waals surface area contributed by atoms with Gasteiger partial charge in [-0.05, 0) is 29.8 Å². The van der Waals surface area contributed by atoms with Crippen LogP contribution in [0.3, 0.4) is 0 Å². The van der Waals surface area contributed by atoms with E-state index in [0.29, 0.717) is 18.8 Å². The van der Waals surface area contributed by atoms with Gasteiger partial charge in [0, 0.05) is 38.3 Å². The Labute approximate surface area is 147 Å². The van der Waals surface area contributed by atoms with Gasteiger partial charge >= 0.3 is 0 Å². The highest BCUT2D eigenvalue weighted by atomic mass is 16.6. The van der Waals surface area contributed by atoms with Gasteiger partial charge in [-0.3, -0.25) is 9.69 Å². The van der Waals surface area contributed by atoms with E-state index in [0.717, 1.165) is 44.2 Å². The van der Waals surface area contributed by atoms with Crippen molar-refractivity contribution >= 4 is 5.91 Å². The zero-order valence-corrected chi connectivity index (χ0v) is 14.1. The van der Waals surface area contributed by atoms with Crippen LogP contribution in [0, 0.1) is 6.07 Å². The lowest BCUT2D eigenvalue weighted by Gasteiger charge is -2.35. The molecular formula is C20H21N2O3. The van der Waals surface area contributed by atoms with E-state index in [2.05, 4.69) is 23.1 Å². The maximum Gasteiger partial charge on any atom is 0.254 e. The molecule has 0 aliphatic carbocycles. The third kappa shape index (κ3) is 3.61. The van der Waals surface area contributed by atoms with Crippen LogP contribution >= 0.6 is 0 Å². The van der Waals surface area contributed by atoms with E-state index in [4.69, 9.17) is 9.47 Å². The normalized spacial score (nSPS) is 17.4. The number of carbonyl (C=O) groups is 1. The third-order valence-electron chi connectivity index (χ3n) is 4.61. The number of carbonyl (C=O) groups excluding carboxylic acids is 1. The second-order valence-electron chi connectivity index (χ2n) is 6.32. The quantitative estimate of drug-likeness (QED) is 0.861. The number of benzene rings is 2. The average Bonchev–Trinajstić information content (AvgIpc) is 2.69. The number of hydrogen-bond acceptors (Lipinski definition) is 4. The minimum absolute atomic E-state index is 0.0691. The lowest BCUT2D eigenvalue weighted by Crippen LogP contribution is -2.48. The van der Waals surface area contributed by atoms with Gasteiger partial charge in [0.1, 0.15) is 13.2 Å². The standard InChI is InChI=1S/C20H21N2O3/c23-20(17-4-2-1-3-5-17)22-10-8-21(9-11-22)15-16-6-7-18-19(14-16)25-13-12-24-18/h1-4,6-7,14H,8-13,15H2. The molecule has 0 spiro atoms. The SMILES string of the molecule is O=C(c1[c]cccc1)N1CCN(Cc2ccc3c(c2)OCCO3)CC1. The molecule has 1 saturated heterocycles. The number of amides is 1. The Morgan fingerprint density at radius 1 is 1.00 bits per heavy atom. The molecule has 0 saturated carbocycles. The molecule has 2 heterocycles. The maximum atomic E-state index is 12.5. The van der Waals surface area contributed by atoms with E-state index in [1.165, 1.54) is 5.56 Å². The highest BCUT2D eigenvalue weighted by Gasteiger charge is 2.22. The van der Waals surface area contributed by atoms with Crippen LogP contribution in [0.2, 0.25) is 0 Å². The molecule has 5 heteroatoms. The molecule has 2 aliphatic heterocycles. The molecule has 2 aliphatic rings. The van der Waals surface area contributed by atoms with Gasteiger partial charge in [0.05, 0.1) is 0 Å². The Kier molecular flexibility index (Phi) is 4.57.